The fraction of sp³-hybridized carbons (Fsp3) is 0.308. The first-order chi connectivity index (χ1) is 8.34. The van der Waals surface area contributed by atoms with Gasteiger partial charge in [-0.1, -0.05) is 30.0 Å². The van der Waals surface area contributed by atoms with Crippen molar-refractivity contribution < 1.29 is 4.39 Å². The van der Waals surface area contributed by atoms with Crippen molar-refractivity contribution in [1.82, 2.24) is 9.55 Å². The lowest BCUT2D eigenvalue weighted by molar-refractivity contribution is 0.617. The van der Waals surface area contributed by atoms with Gasteiger partial charge in [-0.25, -0.2) is 9.37 Å². The summed E-state index contributed by atoms with van der Waals surface area (Å²) in [6.45, 7) is 0. The largest absolute Gasteiger partial charge is 0.323 e. The molecule has 0 aliphatic heterocycles. The van der Waals surface area contributed by atoms with Crippen LogP contribution in [0.15, 0.2) is 41.8 Å². The fourth-order valence-corrected chi connectivity index (χ4v) is 2.81. The van der Waals surface area contributed by atoms with Gasteiger partial charge >= 0.3 is 0 Å². The van der Waals surface area contributed by atoms with Crippen LogP contribution in [0.2, 0.25) is 0 Å². The van der Waals surface area contributed by atoms with Crippen LogP contribution in [0.4, 0.5) is 4.39 Å². The molecule has 1 fully saturated rings. The third-order valence-electron chi connectivity index (χ3n) is 2.89. The Hall–Kier alpha value is -1.29. The maximum Gasteiger partial charge on any atom is 0.168 e. The van der Waals surface area contributed by atoms with Gasteiger partial charge in [-0.15, -0.1) is 0 Å². The molecule has 1 aromatic heterocycles. The summed E-state index contributed by atoms with van der Waals surface area (Å²) in [5, 5.41) is 0.996. The molecule has 1 aliphatic carbocycles. The van der Waals surface area contributed by atoms with E-state index in [1.165, 1.54) is 18.9 Å². The molecule has 2 aromatic rings. The SMILES string of the molecule is Fc1ccccc1CSc1nccn1C1CC1. The molecule has 0 spiro atoms. The number of hydrogen-bond acceptors (Lipinski definition) is 2. The predicted molar refractivity (Wildman–Crippen MR) is 66.5 cm³/mol. The zero-order valence-electron chi connectivity index (χ0n) is 9.34. The highest BCUT2D eigenvalue weighted by Gasteiger charge is 2.25. The molecule has 1 heterocycles. The molecular formula is C13H13FN2S. The van der Waals surface area contributed by atoms with Crippen LogP contribution in [0.3, 0.4) is 0 Å². The number of aromatic nitrogens is 2. The zero-order valence-corrected chi connectivity index (χ0v) is 10.2. The zero-order chi connectivity index (χ0) is 11.7. The van der Waals surface area contributed by atoms with E-state index in [9.17, 15) is 4.39 Å². The molecule has 0 amide bonds. The van der Waals surface area contributed by atoms with Gasteiger partial charge in [0.2, 0.25) is 0 Å². The average Bonchev–Trinajstić information content (AvgIpc) is 3.08. The van der Waals surface area contributed by atoms with Crippen molar-refractivity contribution in [3.63, 3.8) is 0 Å². The number of thioether (sulfide) groups is 1. The number of benzene rings is 1. The van der Waals surface area contributed by atoms with Crippen molar-refractivity contribution in [3.05, 3.63) is 48.0 Å². The minimum Gasteiger partial charge on any atom is -0.323 e. The van der Waals surface area contributed by atoms with E-state index >= 15 is 0 Å². The van der Waals surface area contributed by atoms with Gasteiger partial charge in [0.1, 0.15) is 5.82 Å². The number of rotatable bonds is 4. The first-order valence-electron chi connectivity index (χ1n) is 5.73. The topological polar surface area (TPSA) is 17.8 Å². The van der Waals surface area contributed by atoms with Crippen molar-refractivity contribution in [2.45, 2.75) is 29.8 Å². The average molecular weight is 248 g/mol. The third kappa shape index (κ3) is 2.36. The Labute approximate surface area is 104 Å². The number of hydrogen-bond donors (Lipinski definition) is 0. The van der Waals surface area contributed by atoms with Crippen molar-refractivity contribution in [1.29, 1.82) is 0 Å². The minimum atomic E-state index is -0.135. The summed E-state index contributed by atoms with van der Waals surface area (Å²) in [4.78, 5) is 4.33. The van der Waals surface area contributed by atoms with Crippen LogP contribution in [-0.2, 0) is 5.75 Å². The lowest BCUT2D eigenvalue weighted by Crippen LogP contribution is -1.95. The number of nitrogens with zero attached hydrogens (tertiary/aromatic N) is 2. The molecule has 4 heteroatoms. The minimum absolute atomic E-state index is 0.135. The molecule has 0 N–H and O–H groups in total. The molecule has 17 heavy (non-hydrogen) atoms. The predicted octanol–water partition coefficient (Wildman–Crippen LogP) is 3.65. The Balaban J connectivity index is 1.71. The van der Waals surface area contributed by atoms with E-state index in [0.29, 0.717) is 11.8 Å². The van der Waals surface area contributed by atoms with Crippen molar-refractivity contribution >= 4 is 11.8 Å². The van der Waals surface area contributed by atoms with Crippen molar-refractivity contribution in [3.8, 4) is 0 Å². The van der Waals surface area contributed by atoms with E-state index in [1.54, 1.807) is 17.8 Å². The molecule has 0 unspecified atom stereocenters. The second-order valence-corrected chi connectivity index (χ2v) is 5.17. The van der Waals surface area contributed by atoms with E-state index in [0.717, 1.165) is 10.7 Å². The Kier molecular flexibility index (Phi) is 2.89. The van der Waals surface area contributed by atoms with Gasteiger partial charge in [-0.2, -0.15) is 0 Å². The maximum atomic E-state index is 13.4. The molecule has 0 bridgehead atoms. The summed E-state index contributed by atoms with van der Waals surface area (Å²) < 4.78 is 15.6. The van der Waals surface area contributed by atoms with E-state index < -0.39 is 0 Å². The molecule has 2 nitrogen and oxygen atoms in total. The molecule has 3 rings (SSSR count). The molecule has 0 radical (unpaired) electrons. The van der Waals surface area contributed by atoms with Crippen LogP contribution in [0, 0.1) is 5.82 Å². The van der Waals surface area contributed by atoms with Crippen molar-refractivity contribution in [2.75, 3.05) is 0 Å². The molecule has 1 saturated carbocycles. The van der Waals surface area contributed by atoms with Gasteiger partial charge in [-0.05, 0) is 24.5 Å². The van der Waals surface area contributed by atoms with Gasteiger partial charge in [0, 0.05) is 24.2 Å². The van der Waals surface area contributed by atoms with Crippen molar-refractivity contribution in [2.24, 2.45) is 0 Å². The smallest absolute Gasteiger partial charge is 0.168 e. The summed E-state index contributed by atoms with van der Waals surface area (Å²) in [5.41, 5.74) is 0.739. The number of halogens is 1. The first-order valence-corrected chi connectivity index (χ1v) is 6.72. The second-order valence-electron chi connectivity index (χ2n) is 4.23. The van der Waals surface area contributed by atoms with Crippen LogP contribution in [0.5, 0.6) is 0 Å². The number of imidazole rings is 1. The van der Waals surface area contributed by atoms with Crippen LogP contribution in [-0.4, -0.2) is 9.55 Å². The van der Waals surface area contributed by atoms with Crippen LogP contribution >= 0.6 is 11.8 Å². The molecule has 0 atom stereocenters. The highest BCUT2D eigenvalue weighted by Crippen LogP contribution is 2.38. The van der Waals surface area contributed by atoms with E-state index in [-0.39, 0.29) is 5.82 Å². The van der Waals surface area contributed by atoms with E-state index in [2.05, 4.69) is 9.55 Å². The van der Waals surface area contributed by atoms with E-state index in [1.807, 2.05) is 24.5 Å². The highest BCUT2D eigenvalue weighted by atomic mass is 32.2. The summed E-state index contributed by atoms with van der Waals surface area (Å²) in [7, 11) is 0. The quantitative estimate of drug-likeness (QED) is 0.769. The highest BCUT2D eigenvalue weighted by molar-refractivity contribution is 7.98. The third-order valence-corrected chi connectivity index (χ3v) is 3.92. The summed E-state index contributed by atoms with van der Waals surface area (Å²) >= 11 is 1.60. The van der Waals surface area contributed by atoms with Gasteiger partial charge < -0.3 is 4.57 Å². The molecule has 1 aromatic carbocycles. The maximum absolute atomic E-state index is 13.4. The fourth-order valence-electron chi connectivity index (χ4n) is 1.80. The van der Waals surface area contributed by atoms with Crippen LogP contribution in [0.1, 0.15) is 24.4 Å². The summed E-state index contributed by atoms with van der Waals surface area (Å²) in [6.07, 6.45) is 6.32. The Morgan fingerprint density at radius 1 is 1.35 bits per heavy atom. The van der Waals surface area contributed by atoms with E-state index in [4.69, 9.17) is 0 Å². The molecule has 1 aliphatic rings. The Bertz CT molecular complexity index is 520. The summed E-state index contributed by atoms with van der Waals surface area (Å²) in [6, 6.07) is 7.54. The Morgan fingerprint density at radius 3 is 2.94 bits per heavy atom. The summed E-state index contributed by atoms with van der Waals surface area (Å²) in [5.74, 6) is 0.501. The second kappa shape index (κ2) is 4.53. The Morgan fingerprint density at radius 2 is 2.18 bits per heavy atom. The molecule has 88 valence electrons. The lowest BCUT2D eigenvalue weighted by atomic mass is 10.2. The van der Waals surface area contributed by atoms with Gasteiger partial charge in [0.25, 0.3) is 0 Å². The lowest BCUT2D eigenvalue weighted by Gasteiger charge is -2.06. The van der Waals surface area contributed by atoms with Gasteiger partial charge in [0.05, 0.1) is 0 Å². The standard InChI is InChI=1S/C13H13FN2S/c14-12-4-2-1-3-10(12)9-17-13-15-7-8-16(13)11-5-6-11/h1-4,7-8,11H,5-6,9H2. The normalized spacial score (nSPS) is 15.1. The monoisotopic (exact) mass is 248 g/mol. The van der Waals surface area contributed by atoms with Crippen LogP contribution in [0.25, 0.3) is 0 Å². The van der Waals surface area contributed by atoms with Gasteiger partial charge in [-0.3, -0.25) is 0 Å². The molecule has 0 saturated heterocycles. The van der Waals surface area contributed by atoms with Crippen LogP contribution < -0.4 is 0 Å². The van der Waals surface area contributed by atoms with Gasteiger partial charge in [0.15, 0.2) is 5.16 Å². The first kappa shape index (κ1) is 10.8. The molecular weight excluding hydrogens is 235 g/mol.